The summed E-state index contributed by atoms with van der Waals surface area (Å²) in [6.45, 7) is 3.57. The van der Waals surface area contributed by atoms with Crippen LogP contribution in [0, 0.1) is 0 Å². The highest BCUT2D eigenvalue weighted by atomic mass is 35.5. The highest BCUT2D eigenvalue weighted by Gasteiger charge is 2.55. The minimum absolute atomic E-state index is 0.0264. The number of anilines is 2. The average Bonchev–Trinajstić information content (AvgIpc) is 3.22. The molecule has 11 nitrogen and oxygen atoms in total. The van der Waals surface area contributed by atoms with Crippen molar-refractivity contribution < 1.29 is 24.7 Å². The summed E-state index contributed by atoms with van der Waals surface area (Å²) < 4.78 is 0. The molecular formula is C33H32Cl2N6O5. The summed E-state index contributed by atoms with van der Waals surface area (Å²) in [6.07, 6.45) is 0.496. The van der Waals surface area contributed by atoms with Gasteiger partial charge in [-0.3, -0.25) is 14.9 Å². The first kappa shape index (κ1) is 32.6. The van der Waals surface area contributed by atoms with Crippen molar-refractivity contribution in [3.63, 3.8) is 0 Å². The van der Waals surface area contributed by atoms with Gasteiger partial charge in [0.15, 0.2) is 6.17 Å². The number of carbonyl (C=O) groups is 3. The predicted octanol–water partition coefficient (Wildman–Crippen LogP) is 7.05. The monoisotopic (exact) mass is 662 g/mol. The van der Waals surface area contributed by atoms with E-state index < -0.39 is 29.7 Å². The zero-order valence-electron chi connectivity index (χ0n) is 25.0. The van der Waals surface area contributed by atoms with Gasteiger partial charge in [-0.2, -0.15) is 10.2 Å². The molecule has 0 bridgehead atoms. The lowest BCUT2D eigenvalue weighted by Crippen LogP contribution is -2.58. The Morgan fingerprint density at radius 1 is 1.00 bits per heavy atom. The largest absolute Gasteiger partial charge is 0.507 e. The SMILES string of the molecule is CC1(C)C(N(O)C(=O)Nc2cccc(Cl)c2)N(c2cccc(Cl)c2)C(=O)N1CCCC(=O)NN=Cc1c(O)ccc2ccccc12. The maximum Gasteiger partial charge on any atom is 0.347 e. The van der Waals surface area contributed by atoms with Crippen LogP contribution in [-0.4, -0.2) is 62.7 Å². The quantitative estimate of drug-likeness (QED) is 0.0864. The molecule has 4 N–H and O–H groups in total. The number of urea groups is 2. The van der Waals surface area contributed by atoms with Gasteiger partial charge in [0.1, 0.15) is 5.75 Å². The number of hydrogen-bond acceptors (Lipinski definition) is 6. The molecule has 13 heteroatoms. The van der Waals surface area contributed by atoms with Crippen LogP contribution in [0.15, 0.2) is 90.0 Å². The van der Waals surface area contributed by atoms with E-state index in [1.165, 1.54) is 22.1 Å². The number of hydroxylamine groups is 2. The van der Waals surface area contributed by atoms with E-state index in [-0.39, 0.29) is 25.1 Å². The standard InChI is InChI=1S/C33H32Cl2N6O5/c1-33(2)30(41(46)31(44)37-24-11-5-9-22(34)18-24)40(25-12-6-10-23(35)19-25)32(45)39(33)17-7-14-29(43)38-36-20-27-26-13-4-3-8-21(26)15-16-28(27)42/h3-6,8-13,15-16,18-20,30,42,46H,7,14,17H2,1-2H3,(H,37,44)(H,38,43). The number of halogens is 2. The van der Waals surface area contributed by atoms with E-state index in [2.05, 4.69) is 15.8 Å². The molecule has 0 saturated carbocycles. The molecule has 1 aliphatic heterocycles. The van der Waals surface area contributed by atoms with Crippen molar-refractivity contribution in [1.82, 2.24) is 15.4 Å². The first-order chi connectivity index (χ1) is 22.0. The number of phenolic OH excluding ortho intramolecular Hbond substituents is 1. The molecule has 1 saturated heterocycles. The summed E-state index contributed by atoms with van der Waals surface area (Å²) in [6, 6.07) is 22.4. The molecule has 1 heterocycles. The highest BCUT2D eigenvalue weighted by Crippen LogP contribution is 2.39. The number of benzene rings is 4. The number of amides is 5. The van der Waals surface area contributed by atoms with Crippen LogP contribution in [0.1, 0.15) is 32.3 Å². The summed E-state index contributed by atoms with van der Waals surface area (Å²) in [5.74, 6) is -0.363. The number of nitrogens with one attached hydrogen (secondary N) is 2. The maximum absolute atomic E-state index is 13.9. The van der Waals surface area contributed by atoms with E-state index in [4.69, 9.17) is 23.2 Å². The van der Waals surface area contributed by atoms with Gasteiger partial charge >= 0.3 is 12.1 Å². The second-order valence-electron chi connectivity index (χ2n) is 11.2. The molecule has 1 aliphatic rings. The van der Waals surface area contributed by atoms with Crippen LogP contribution in [0.5, 0.6) is 5.75 Å². The minimum atomic E-state index is -1.18. The van der Waals surface area contributed by atoms with Crippen molar-refractivity contribution in [2.24, 2.45) is 5.10 Å². The van der Waals surface area contributed by atoms with E-state index >= 15 is 0 Å². The summed E-state index contributed by atoms with van der Waals surface area (Å²) >= 11 is 12.3. The second kappa shape index (κ2) is 13.7. The molecule has 0 radical (unpaired) electrons. The molecular weight excluding hydrogens is 631 g/mol. The van der Waals surface area contributed by atoms with E-state index in [0.717, 1.165) is 10.8 Å². The fourth-order valence-electron chi connectivity index (χ4n) is 5.51. The Bertz CT molecular complexity index is 1820. The number of aromatic hydroxyl groups is 1. The molecule has 0 aromatic heterocycles. The molecule has 5 amide bonds. The Morgan fingerprint density at radius 2 is 1.72 bits per heavy atom. The first-order valence-electron chi connectivity index (χ1n) is 14.4. The van der Waals surface area contributed by atoms with Gasteiger partial charge in [0.2, 0.25) is 5.91 Å². The smallest absolute Gasteiger partial charge is 0.347 e. The number of phenols is 1. The van der Waals surface area contributed by atoms with E-state index in [9.17, 15) is 24.7 Å². The van der Waals surface area contributed by atoms with Crippen molar-refractivity contribution in [3.8, 4) is 5.75 Å². The van der Waals surface area contributed by atoms with Gasteiger partial charge in [-0.15, -0.1) is 0 Å². The van der Waals surface area contributed by atoms with Crippen LogP contribution in [0.4, 0.5) is 21.0 Å². The molecule has 0 spiro atoms. The van der Waals surface area contributed by atoms with Crippen LogP contribution >= 0.6 is 23.2 Å². The Labute approximate surface area is 275 Å². The normalized spacial score (nSPS) is 15.8. The molecule has 4 aromatic carbocycles. The van der Waals surface area contributed by atoms with Crippen LogP contribution in [0.25, 0.3) is 10.8 Å². The Hall–Kier alpha value is -4.84. The fourth-order valence-corrected chi connectivity index (χ4v) is 5.88. The van der Waals surface area contributed by atoms with Crippen LogP contribution in [0.2, 0.25) is 10.0 Å². The Kier molecular flexibility index (Phi) is 9.66. The van der Waals surface area contributed by atoms with E-state index in [0.29, 0.717) is 32.0 Å². The van der Waals surface area contributed by atoms with Gasteiger partial charge in [-0.05, 0) is 73.5 Å². The number of rotatable bonds is 9. The number of fused-ring (bicyclic) bond motifs is 1. The summed E-state index contributed by atoms with van der Waals surface area (Å²) in [5.41, 5.74) is 2.55. The van der Waals surface area contributed by atoms with Crippen LogP contribution < -0.4 is 15.6 Å². The molecule has 46 heavy (non-hydrogen) atoms. The molecule has 1 unspecified atom stereocenters. The zero-order valence-corrected chi connectivity index (χ0v) is 26.5. The fraction of sp³-hybridized carbons (Fsp3) is 0.212. The van der Waals surface area contributed by atoms with Gasteiger partial charge < -0.3 is 15.3 Å². The van der Waals surface area contributed by atoms with Crippen molar-refractivity contribution in [1.29, 1.82) is 0 Å². The molecule has 5 rings (SSSR count). The van der Waals surface area contributed by atoms with Gasteiger partial charge in [-0.1, -0.05) is 65.7 Å². The number of carbonyl (C=O) groups excluding carboxylic acids is 3. The molecule has 1 fully saturated rings. The molecule has 0 aliphatic carbocycles. The molecule has 4 aromatic rings. The second-order valence-corrected chi connectivity index (χ2v) is 12.1. The van der Waals surface area contributed by atoms with Crippen LogP contribution in [-0.2, 0) is 4.79 Å². The summed E-state index contributed by atoms with van der Waals surface area (Å²) in [7, 11) is 0. The Balaban J connectivity index is 1.29. The van der Waals surface area contributed by atoms with E-state index in [1.54, 1.807) is 68.4 Å². The average molecular weight is 664 g/mol. The summed E-state index contributed by atoms with van der Waals surface area (Å²) in [4.78, 5) is 42.6. The van der Waals surface area contributed by atoms with E-state index in [1.807, 2.05) is 24.3 Å². The van der Waals surface area contributed by atoms with Gasteiger partial charge in [0.25, 0.3) is 0 Å². The number of hydrazone groups is 1. The first-order valence-corrected chi connectivity index (χ1v) is 15.2. The highest BCUT2D eigenvalue weighted by molar-refractivity contribution is 6.31. The third-order valence-corrected chi connectivity index (χ3v) is 8.20. The van der Waals surface area contributed by atoms with Crippen molar-refractivity contribution in [2.45, 2.75) is 38.4 Å². The number of hydrogen-bond donors (Lipinski definition) is 4. The molecule has 238 valence electrons. The lowest BCUT2D eigenvalue weighted by atomic mass is 9.99. The van der Waals surface area contributed by atoms with Gasteiger partial charge in [-0.25, -0.2) is 15.0 Å². The minimum Gasteiger partial charge on any atom is -0.507 e. The zero-order chi connectivity index (χ0) is 33.0. The lowest BCUT2D eigenvalue weighted by molar-refractivity contribution is -0.121. The number of nitrogens with zero attached hydrogens (tertiary/aromatic N) is 4. The van der Waals surface area contributed by atoms with Crippen LogP contribution in [0.3, 0.4) is 0 Å². The topological polar surface area (TPSA) is 138 Å². The van der Waals surface area contributed by atoms with Gasteiger partial charge in [0.05, 0.1) is 11.8 Å². The predicted molar refractivity (Wildman–Crippen MR) is 179 cm³/mol. The van der Waals surface area contributed by atoms with Crippen molar-refractivity contribution in [3.05, 3.63) is 101 Å². The maximum atomic E-state index is 13.9. The Morgan fingerprint density at radius 3 is 2.46 bits per heavy atom. The lowest BCUT2D eigenvalue weighted by Gasteiger charge is -2.38. The molecule has 1 atom stereocenters. The van der Waals surface area contributed by atoms with Crippen molar-refractivity contribution >= 4 is 69.5 Å². The summed E-state index contributed by atoms with van der Waals surface area (Å²) in [5, 5.41) is 31.1. The van der Waals surface area contributed by atoms with Crippen molar-refractivity contribution in [2.75, 3.05) is 16.8 Å². The van der Waals surface area contributed by atoms with Gasteiger partial charge in [0, 0.05) is 39.9 Å². The third-order valence-electron chi connectivity index (χ3n) is 7.73. The third kappa shape index (κ3) is 6.86.